The fourth-order valence-electron chi connectivity index (χ4n) is 2.96. The fourth-order valence-corrected chi connectivity index (χ4v) is 3.21. The van der Waals surface area contributed by atoms with Gasteiger partial charge in [-0.1, -0.05) is 35.9 Å². The molecule has 0 fully saturated rings. The van der Waals surface area contributed by atoms with E-state index in [0.29, 0.717) is 5.02 Å². The van der Waals surface area contributed by atoms with E-state index in [0.717, 1.165) is 25.1 Å². The number of nitrogens with zero attached hydrogens (tertiary/aromatic N) is 2. The molecule has 0 radical (unpaired) electrons. The summed E-state index contributed by atoms with van der Waals surface area (Å²) in [5, 5.41) is 15.4. The molecule has 2 aromatic rings. The maximum Gasteiger partial charge on any atom is 0.101 e. The SMILES string of the molecule is CCn1ncc(Cl)c1C(O)C1Cc2ccccc2C1. The number of benzene rings is 1. The van der Waals surface area contributed by atoms with Crippen molar-refractivity contribution in [3.05, 3.63) is 52.3 Å². The summed E-state index contributed by atoms with van der Waals surface area (Å²) in [5.41, 5.74) is 3.43. The first-order valence-corrected chi connectivity index (χ1v) is 7.04. The Bertz CT molecular complexity index is 569. The highest BCUT2D eigenvalue weighted by molar-refractivity contribution is 6.31. The quantitative estimate of drug-likeness (QED) is 0.936. The molecule has 4 heteroatoms. The molecule has 1 atom stereocenters. The van der Waals surface area contributed by atoms with E-state index in [4.69, 9.17) is 11.6 Å². The van der Waals surface area contributed by atoms with Crippen molar-refractivity contribution < 1.29 is 5.11 Å². The highest BCUT2D eigenvalue weighted by atomic mass is 35.5. The zero-order valence-electron chi connectivity index (χ0n) is 10.9. The Morgan fingerprint density at radius 1 is 1.37 bits per heavy atom. The lowest BCUT2D eigenvalue weighted by Gasteiger charge is -2.19. The first-order chi connectivity index (χ1) is 9.20. The molecule has 3 nitrogen and oxygen atoms in total. The van der Waals surface area contributed by atoms with Gasteiger partial charge in [-0.05, 0) is 36.8 Å². The minimum atomic E-state index is -0.553. The molecule has 0 spiro atoms. The molecule has 1 N–H and O–H groups in total. The number of fused-ring (bicyclic) bond motifs is 1. The van der Waals surface area contributed by atoms with Crippen LogP contribution in [0.4, 0.5) is 0 Å². The van der Waals surface area contributed by atoms with Gasteiger partial charge in [-0.2, -0.15) is 5.10 Å². The summed E-state index contributed by atoms with van der Waals surface area (Å²) in [7, 11) is 0. The summed E-state index contributed by atoms with van der Waals surface area (Å²) in [6.07, 6.45) is 2.87. The van der Waals surface area contributed by atoms with Gasteiger partial charge in [0.05, 0.1) is 16.9 Å². The molecular weight excluding hydrogens is 260 g/mol. The van der Waals surface area contributed by atoms with Crippen molar-refractivity contribution in [3.63, 3.8) is 0 Å². The lowest BCUT2D eigenvalue weighted by molar-refractivity contribution is 0.104. The number of aliphatic hydroxyl groups excluding tert-OH is 1. The average molecular weight is 277 g/mol. The Morgan fingerprint density at radius 2 is 2.00 bits per heavy atom. The molecule has 3 rings (SSSR count). The van der Waals surface area contributed by atoms with Crippen LogP contribution in [0.5, 0.6) is 0 Å². The zero-order valence-corrected chi connectivity index (χ0v) is 11.6. The van der Waals surface area contributed by atoms with Crippen LogP contribution in [0.3, 0.4) is 0 Å². The van der Waals surface area contributed by atoms with E-state index in [1.54, 1.807) is 10.9 Å². The highest BCUT2D eigenvalue weighted by Crippen LogP contribution is 2.37. The first kappa shape index (κ1) is 12.7. The second-order valence-corrected chi connectivity index (χ2v) is 5.48. The van der Waals surface area contributed by atoms with Gasteiger partial charge in [-0.15, -0.1) is 0 Å². The molecule has 1 aliphatic carbocycles. The van der Waals surface area contributed by atoms with Crippen molar-refractivity contribution in [1.82, 2.24) is 9.78 Å². The molecular formula is C15H17ClN2O. The van der Waals surface area contributed by atoms with E-state index in [-0.39, 0.29) is 5.92 Å². The summed E-state index contributed by atoms with van der Waals surface area (Å²) in [6, 6.07) is 8.38. The molecule has 1 aromatic heterocycles. The van der Waals surface area contributed by atoms with E-state index >= 15 is 0 Å². The fraction of sp³-hybridized carbons (Fsp3) is 0.400. The van der Waals surface area contributed by atoms with Gasteiger partial charge in [-0.3, -0.25) is 4.68 Å². The first-order valence-electron chi connectivity index (χ1n) is 6.66. The van der Waals surface area contributed by atoms with Gasteiger partial charge in [0.25, 0.3) is 0 Å². The van der Waals surface area contributed by atoms with Gasteiger partial charge < -0.3 is 5.11 Å². The van der Waals surface area contributed by atoms with Crippen LogP contribution in [0, 0.1) is 5.92 Å². The minimum absolute atomic E-state index is 0.192. The van der Waals surface area contributed by atoms with Gasteiger partial charge in [0.2, 0.25) is 0 Å². The molecule has 0 saturated carbocycles. The molecule has 1 heterocycles. The Balaban J connectivity index is 1.87. The standard InChI is InChI=1S/C15H17ClN2O/c1-2-18-14(13(16)9-17-18)15(19)12-7-10-5-3-4-6-11(10)8-12/h3-6,9,12,15,19H,2,7-8H2,1H3. The van der Waals surface area contributed by atoms with Crippen molar-refractivity contribution in [3.8, 4) is 0 Å². The third kappa shape index (κ3) is 2.17. The molecule has 1 aliphatic rings. The second-order valence-electron chi connectivity index (χ2n) is 5.08. The normalized spacial score (nSPS) is 16.6. The molecule has 0 amide bonds. The van der Waals surface area contributed by atoms with Gasteiger partial charge in [0.15, 0.2) is 0 Å². The molecule has 19 heavy (non-hydrogen) atoms. The summed E-state index contributed by atoms with van der Waals surface area (Å²) in [5.74, 6) is 0.192. The molecule has 100 valence electrons. The van der Waals surface area contributed by atoms with Crippen LogP contribution >= 0.6 is 11.6 Å². The topological polar surface area (TPSA) is 38.0 Å². The van der Waals surface area contributed by atoms with Crippen molar-refractivity contribution in [2.75, 3.05) is 0 Å². The van der Waals surface area contributed by atoms with Crippen molar-refractivity contribution >= 4 is 11.6 Å². The van der Waals surface area contributed by atoms with Crippen LogP contribution in [0.1, 0.15) is 29.8 Å². The summed E-state index contributed by atoms with van der Waals surface area (Å²) in [4.78, 5) is 0. The summed E-state index contributed by atoms with van der Waals surface area (Å²) >= 11 is 6.16. The van der Waals surface area contributed by atoms with Crippen LogP contribution < -0.4 is 0 Å². The number of halogens is 1. The van der Waals surface area contributed by atoms with Gasteiger partial charge in [0, 0.05) is 6.54 Å². The molecule has 0 saturated heterocycles. The van der Waals surface area contributed by atoms with Crippen LogP contribution in [0.15, 0.2) is 30.5 Å². The van der Waals surface area contributed by atoms with Crippen molar-refractivity contribution in [2.24, 2.45) is 5.92 Å². The predicted molar refractivity (Wildman–Crippen MR) is 75.2 cm³/mol. The van der Waals surface area contributed by atoms with E-state index < -0.39 is 6.10 Å². The number of aliphatic hydroxyl groups is 1. The lowest BCUT2D eigenvalue weighted by Crippen LogP contribution is -2.17. The largest absolute Gasteiger partial charge is 0.386 e. The van der Waals surface area contributed by atoms with E-state index in [1.165, 1.54) is 11.1 Å². The zero-order chi connectivity index (χ0) is 13.4. The molecule has 0 bridgehead atoms. The summed E-state index contributed by atoms with van der Waals surface area (Å²) in [6.45, 7) is 2.72. The number of aryl methyl sites for hydroxylation is 1. The van der Waals surface area contributed by atoms with Crippen molar-refractivity contribution in [1.29, 1.82) is 0 Å². The van der Waals surface area contributed by atoms with Gasteiger partial charge in [0.1, 0.15) is 6.10 Å². The maximum atomic E-state index is 10.6. The van der Waals surface area contributed by atoms with E-state index in [9.17, 15) is 5.11 Å². The van der Waals surface area contributed by atoms with Crippen LogP contribution in [0.25, 0.3) is 0 Å². The van der Waals surface area contributed by atoms with E-state index in [1.807, 2.05) is 6.92 Å². The number of hydrogen-bond donors (Lipinski definition) is 1. The monoisotopic (exact) mass is 276 g/mol. The number of hydrogen-bond acceptors (Lipinski definition) is 2. The smallest absolute Gasteiger partial charge is 0.101 e. The summed E-state index contributed by atoms with van der Waals surface area (Å²) < 4.78 is 1.79. The highest BCUT2D eigenvalue weighted by Gasteiger charge is 2.31. The van der Waals surface area contributed by atoms with Gasteiger partial charge in [-0.25, -0.2) is 0 Å². The number of rotatable bonds is 3. The van der Waals surface area contributed by atoms with Crippen LogP contribution in [-0.4, -0.2) is 14.9 Å². The van der Waals surface area contributed by atoms with Crippen LogP contribution in [0.2, 0.25) is 5.02 Å². The third-order valence-corrected chi connectivity index (χ3v) is 4.23. The molecule has 0 aliphatic heterocycles. The Labute approximate surface area is 117 Å². The average Bonchev–Trinajstić information content (AvgIpc) is 3.01. The Kier molecular flexibility index (Phi) is 3.33. The number of aromatic nitrogens is 2. The lowest BCUT2D eigenvalue weighted by atomic mass is 9.96. The van der Waals surface area contributed by atoms with Crippen molar-refractivity contribution in [2.45, 2.75) is 32.4 Å². The second kappa shape index (κ2) is 4.99. The van der Waals surface area contributed by atoms with E-state index in [2.05, 4.69) is 29.4 Å². The Hall–Kier alpha value is -1.32. The minimum Gasteiger partial charge on any atom is -0.386 e. The molecule has 1 aromatic carbocycles. The Morgan fingerprint density at radius 3 is 2.58 bits per heavy atom. The molecule has 1 unspecified atom stereocenters. The van der Waals surface area contributed by atoms with Crippen LogP contribution in [-0.2, 0) is 19.4 Å². The predicted octanol–water partition coefficient (Wildman–Crippen LogP) is 3.00. The maximum absolute atomic E-state index is 10.6. The third-order valence-electron chi connectivity index (χ3n) is 3.94. The van der Waals surface area contributed by atoms with Gasteiger partial charge >= 0.3 is 0 Å².